The Morgan fingerprint density at radius 1 is 0.600 bits per heavy atom. The first-order chi connectivity index (χ1) is 19.8. The van der Waals surface area contributed by atoms with E-state index in [0.717, 1.165) is 69.8 Å². The van der Waals surface area contributed by atoms with E-state index in [1.165, 1.54) is 37.6 Å². The van der Waals surface area contributed by atoms with E-state index in [0.29, 0.717) is 0 Å². The number of nitrogens with one attached hydrogen (secondary N) is 1. The summed E-state index contributed by atoms with van der Waals surface area (Å²) >= 11 is 1.89. The molecular formula is C34H35N5S. The average molecular weight is 546 g/mol. The molecule has 4 aromatic carbocycles. The van der Waals surface area contributed by atoms with Gasteiger partial charge in [0.1, 0.15) is 0 Å². The first-order valence-corrected chi connectivity index (χ1v) is 15.2. The second-order valence-electron chi connectivity index (χ2n) is 10.7. The van der Waals surface area contributed by atoms with Gasteiger partial charge in [-0.05, 0) is 49.4 Å². The van der Waals surface area contributed by atoms with Crippen LogP contribution in [0.2, 0.25) is 0 Å². The van der Waals surface area contributed by atoms with Crippen molar-refractivity contribution in [1.29, 1.82) is 0 Å². The van der Waals surface area contributed by atoms with Crippen LogP contribution in [0.15, 0.2) is 107 Å². The molecule has 3 heterocycles. The van der Waals surface area contributed by atoms with E-state index in [2.05, 4.69) is 117 Å². The molecule has 0 spiro atoms. The molecule has 1 fully saturated rings. The number of para-hydroxylation sites is 4. The minimum absolute atomic E-state index is 0.934. The molecule has 5 nitrogen and oxygen atoms in total. The van der Waals surface area contributed by atoms with Crippen LogP contribution in [0, 0.1) is 0 Å². The largest absolute Gasteiger partial charge is 0.383 e. The van der Waals surface area contributed by atoms with E-state index in [1.54, 1.807) is 0 Å². The maximum atomic E-state index is 4.86. The van der Waals surface area contributed by atoms with E-state index in [-0.39, 0.29) is 0 Å². The number of hydrogen-bond donors (Lipinski definition) is 1. The highest BCUT2D eigenvalue weighted by molar-refractivity contribution is 7.99. The summed E-state index contributed by atoms with van der Waals surface area (Å²) in [6.07, 6.45) is 1.16. The van der Waals surface area contributed by atoms with Crippen LogP contribution in [-0.2, 0) is 0 Å². The van der Waals surface area contributed by atoms with Crippen LogP contribution >= 0.6 is 11.8 Å². The highest BCUT2D eigenvalue weighted by Gasteiger charge is 2.23. The topological polar surface area (TPSA) is 34.6 Å². The molecule has 0 unspecified atom stereocenters. The predicted molar refractivity (Wildman–Crippen MR) is 169 cm³/mol. The fourth-order valence-electron chi connectivity index (χ4n) is 6.08. The minimum Gasteiger partial charge on any atom is -0.383 e. The van der Waals surface area contributed by atoms with E-state index in [1.807, 2.05) is 11.8 Å². The predicted octanol–water partition coefficient (Wildman–Crippen LogP) is 7.11. The third kappa shape index (κ3) is 5.15. The van der Waals surface area contributed by atoms with E-state index in [4.69, 9.17) is 4.98 Å². The van der Waals surface area contributed by atoms with Crippen molar-refractivity contribution in [3.8, 4) is 0 Å². The van der Waals surface area contributed by atoms with Gasteiger partial charge in [-0.1, -0.05) is 72.4 Å². The molecule has 6 heteroatoms. The van der Waals surface area contributed by atoms with Crippen LogP contribution in [0.4, 0.5) is 17.1 Å². The monoisotopic (exact) mass is 545 g/mol. The lowest BCUT2D eigenvalue weighted by molar-refractivity contribution is 0.135. The van der Waals surface area contributed by atoms with Gasteiger partial charge in [0.05, 0.1) is 28.1 Å². The summed E-state index contributed by atoms with van der Waals surface area (Å²) in [4.78, 5) is 15.3. The SMILES string of the molecule is c1ccc2c(c1)Sc1ccccc1N2CCCN1CCN(CCNc2c3ccccc3nc3ccccc23)CC1. The summed E-state index contributed by atoms with van der Waals surface area (Å²) in [5.41, 5.74) is 6.00. The van der Waals surface area contributed by atoms with Gasteiger partial charge in [0, 0.05) is 66.4 Å². The second-order valence-corrected chi connectivity index (χ2v) is 11.8. The molecule has 0 aliphatic carbocycles. The Morgan fingerprint density at radius 3 is 1.75 bits per heavy atom. The Labute approximate surface area is 240 Å². The number of nitrogens with zero attached hydrogens (tertiary/aromatic N) is 4. The van der Waals surface area contributed by atoms with Crippen molar-refractivity contribution < 1.29 is 0 Å². The van der Waals surface area contributed by atoms with Crippen molar-refractivity contribution in [2.75, 3.05) is 62.6 Å². The lowest BCUT2D eigenvalue weighted by Gasteiger charge is -2.36. The quantitative estimate of drug-likeness (QED) is 0.209. The number of rotatable bonds is 8. The molecule has 0 amide bonds. The number of aromatic nitrogens is 1. The zero-order valence-corrected chi connectivity index (χ0v) is 23.6. The van der Waals surface area contributed by atoms with Crippen LogP contribution < -0.4 is 10.2 Å². The number of anilines is 3. The number of pyridine rings is 1. The standard InChI is InChI=1S/C34H35N5S/c1-3-12-28-26(10-1)34(27-11-2-4-13-29(27)36-28)35-18-21-38-24-22-37(23-25-38)19-9-20-39-30-14-5-7-16-32(30)40-33-17-8-6-15-31(33)39/h1-8,10-17H,9,18-25H2,(H,35,36). The maximum absolute atomic E-state index is 4.86. The molecule has 2 aliphatic rings. The zero-order valence-electron chi connectivity index (χ0n) is 22.8. The van der Waals surface area contributed by atoms with Gasteiger partial charge in [0.2, 0.25) is 0 Å². The van der Waals surface area contributed by atoms with Gasteiger partial charge in [-0.15, -0.1) is 0 Å². The molecule has 0 saturated carbocycles. The molecule has 2 aliphatic heterocycles. The first-order valence-electron chi connectivity index (χ1n) is 14.4. The smallest absolute Gasteiger partial charge is 0.0730 e. The van der Waals surface area contributed by atoms with Gasteiger partial charge in [0.25, 0.3) is 0 Å². The number of piperazine rings is 1. The van der Waals surface area contributed by atoms with Crippen molar-refractivity contribution >= 4 is 50.6 Å². The Hall–Kier alpha value is -3.58. The van der Waals surface area contributed by atoms with Crippen LogP contribution in [-0.4, -0.2) is 67.1 Å². The van der Waals surface area contributed by atoms with Gasteiger partial charge in [-0.3, -0.25) is 4.90 Å². The molecule has 0 radical (unpaired) electrons. The number of hydrogen-bond acceptors (Lipinski definition) is 6. The highest BCUT2D eigenvalue weighted by Crippen LogP contribution is 2.47. The van der Waals surface area contributed by atoms with Gasteiger partial charge in [-0.2, -0.15) is 0 Å². The van der Waals surface area contributed by atoms with Crippen molar-refractivity contribution in [1.82, 2.24) is 14.8 Å². The maximum Gasteiger partial charge on any atom is 0.0730 e. The third-order valence-electron chi connectivity index (χ3n) is 8.17. The molecule has 1 N–H and O–H groups in total. The van der Waals surface area contributed by atoms with E-state index in [9.17, 15) is 0 Å². The minimum atomic E-state index is 0.934. The zero-order chi connectivity index (χ0) is 26.7. The second kappa shape index (κ2) is 11.5. The summed E-state index contributed by atoms with van der Waals surface area (Å²) < 4.78 is 0. The summed E-state index contributed by atoms with van der Waals surface area (Å²) in [5.74, 6) is 0. The summed E-state index contributed by atoms with van der Waals surface area (Å²) in [6, 6.07) is 34.5. The molecule has 40 heavy (non-hydrogen) atoms. The Bertz CT molecular complexity index is 1530. The van der Waals surface area contributed by atoms with Crippen LogP contribution in [0.5, 0.6) is 0 Å². The Kier molecular flexibility index (Phi) is 7.30. The van der Waals surface area contributed by atoms with Crippen molar-refractivity contribution in [3.05, 3.63) is 97.1 Å². The fraction of sp³-hybridized carbons (Fsp3) is 0.265. The molecule has 1 aromatic heterocycles. The lowest BCUT2D eigenvalue weighted by Crippen LogP contribution is -2.48. The first kappa shape index (κ1) is 25.4. The Balaban J connectivity index is 0.919. The molecule has 0 bridgehead atoms. The number of fused-ring (bicyclic) bond motifs is 4. The van der Waals surface area contributed by atoms with Crippen LogP contribution in [0.3, 0.4) is 0 Å². The van der Waals surface area contributed by atoms with Gasteiger partial charge >= 0.3 is 0 Å². The van der Waals surface area contributed by atoms with Crippen LogP contribution in [0.1, 0.15) is 6.42 Å². The average Bonchev–Trinajstić information content (AvgIpc) is 3.01. The fourth-order valence-corrected chi connectivity index (χ4v) is 7.18. The third-order valence-corrected chi connectivity index (χ3v) is 9.30. The number of benzene rings is 4. The Morgan fingerprint density at radius 2 is 1.12 bits per heavy atom. The molecule has 1 saturated heterocycles. The normalized spacial score (nSPS) is 15.8. The molecule has 7 rings (SSSR count). The highest BCUT2D eigenvalue weighted by atomic mass is 32.2. The molecule has 202 valence electrons. The van der Waals surface area contributed by atoms with Gasteiger partial charge in [0.15, 0.2) is 0 Å². The molecule has 5 aromatic rings. The molecule has 0 atom stereocenters. The molecular weight excluding hydrogens is 510 g/mol. The van der Waals surface area contributed by atoms with E-state index < -0.39 is 0 Å². The summed E-state index contributed by atoms with van der Waals surface area (Å²) in [5, 5.41) is 6.17. The van der Waals surface area contributed by atoms with Crippen molar-refractivity contribution in [2.24, 2.45) is 0 Å². The van der Waals surface area contributed by atoms with Crippen molar-refractivity contribution in [2.45, 2.75) is 16.2 Å². The van der Waals surface area contributed by atoms with E-state index >= 15 is 0 Å². The van der Waals surface area contributed by atoms with Crippen molar-refractivity contribution in [3.63, 3.8) is 0 Å². The summed E-state index contributed by atoms with van der Waals surface area (Å²) in [7, 11) is 0. The summed E-state index contributed by atoms with van der Waals surface area (Å²) in [6.45, 7) is 8.73. The lowest BCUT2D eigenvalue weighted by atomic mass is 10.1. The van der Waals surface area contributed by atoms with Gasteiger partial charge < -0.3 is 15.1 Å². The van der Waals surface area contributed by atoms with Gasteiger partial charge in [-0.25, -0.2) is 4.98 Å². The van der Waals surface area contributed by atoms with Crippen LogP contribution in [0.25, 0.3) is 21.8 Å².